The van der Waals surface area contributed by atoms with Crippen molar-refractivity contribution in [3.05, 3.63) is 0 Å². The summed E-state index contributed by atoms with van der Waals surface area (Å²) in [6.45, 7) is 9.78. The second-order valence-electron chi connectivity index (χ2n) is 33.1. The molecule has 0 radical (unpaired) electrons. The Kier molecular flexibility index (Phi) is 79.8. The Morgan fingerprint density at radius 2 is 0.468 bits per heavy atom. The average Bonchev–Trinajstić information content (AvgIpc) is 0.892. The first kappa shape index (κ1) is 107. The molecule has 0 aliphatic carbocycles. The van der Waals surface area contributed by atoms with Gasteiger partial charge in [0.15, 0.2) is 12.2 Å². The topological polar surface area (TPSA) is 237 Å². The molecule has 648 valence electrons. The third-order valence-corrected chi connectivity index (χ3v) is 23.5. The zero-order valence-electron chi connectivity index (χ0n) is 71.9. The van der Waals surface area contributed by atoms with Gasteiger partial charge in [0.2, 0.25) is 0 Å². The molecule has 17 nitrogen and oxygen atoms in total. The van der Waals surface area contributed by atoms with Gasteiger partial charge in [-0.3, -0.25) is 37.3 Å². The van der Waals surface area contributed by atoms with Crippen LogP contribution >= 0.6 is 15.6 Å². The van der Waals surface area contributed by atoms with E-state index in [0.717, 1.165) is 102 Å². The van der Waals surface area contributed by atoms with Gasteiger partial charge in [0.1, 0.15) is 19.3 Å². The van der Waals surface area contributed by atoms with E-state index in [1.165, 1.54) is 302 Å². The Morgan fingerprint density at radius 3 is 0.697 bits per heavy atom. The number of esters is 4. The van der Waals surface area contributed by atoms with Crippen LogP contribution in [0, 0.1) is 11.8 Å². The normalized spacial score (nSPS) is 14.0. The number of hydrogen-bond acceptors (Lipinski definition) is 15. The molecule has 109 heavy (non-hydrogen) atoms. The van der Waals surface area contributed by atoms with Gasteiger partial charge >= 0.3 is 39.5 Å². The molecule has 0 aliphatic rings. The number of carbonyl (C=O) groups is 4. The van der Waals surface area contributed by atoms with Gasteiger partial charge in [0, 0.05) is 25.7 Å². The summed E-state index contributed by atoms with van der Waals surface area (Å²) in [6, 6.07) is 0. The number of phosphoric acid groups is 2. The molecule has 0 rings (SSSR count). The smallest absolute Gasteiger partial charge is 0.462 e. The highest BCUT2D eigenvalue weighted by atomic mass is 31.2. The van der Waals surface area contributed by atoms with Crippen molar-refractivity contribution < 1.29 is 80.2 Å². The third-order valence-electron chi connectivity index (χ3n) is 21.6. The minimum absolute atomic E-state index is 0.108. The van der Waals surface area contributed by atoms with E-state index < -0.39 is 97.5 Å². The molecule has 0 saturated heterocycles. The summed E-state index contributed by atoms with van der Waals surface area (Å²) in [5.41, 5.74) is 0. The van der Waals surface area contributed by atoms with Crippen molar-refractivity contribution in [3.8, 4) is 0 Å². The minimum Gasteiger partial charge on any atom is -0.462 e. The molecule has 6 atom stereocenters. The van der Waals surface area contributed by atoms with Crippen molar-refractivity contribution >= 4 is 39.5 Å². The van der Waals surface area contributed by atoms with Gasteiger partial charge in [-0.05, 0) is 37.5 Å². The van der Waals surface area contributed by atoms with E-state index in [9.17, 15) is 43.2 Å². The fourth-order valence-electron chi connectivity index (χ4n) is 14.1. The number of carbonyl (C=O) groups excluding carboxylic acids is 4. The third kappa shape index (κ3) is 82.4. The highest BCUT2D eigenvalue weighted by Crippen LogP contribution is 2.45. The molecular weight excluding hydrogens is 1410 g/mol. The second kappa shape index (κ2) is 81.2. The van der Waals surface area contributed by atoms with E-state index in [1.54, 1.807) is 0 Å². The standard InChI is InChI=1S/C90H176O17P2/c1-7-10-12-14-16-18-20-21-22-23-24-25-26-27-32-38-44-50-56-62-68-74-89(94)107-86(79-101-88(93)73-67-61-55-49-43-37-31-29-28-30-35-41-46-52-58-64-70-82(4)5)81-105-109(98,99)103-77-84(91)76-102-108(96,97)104-80-85(78-100-87(92)72-66-60-54-48-40-19-17-15-13-11-8-2)106-90(95)75-69-63-57-51-45-39-34-33-36-42-47-53-59-65-71-83(6)9-3/h82-86,91H,7-81H2,1-6H3,(H,96,97)(H,98,99)/t83?,84-,85+,86+/m0/s1. The zero-order valence-corrected chi connectivity index (χ0v) is 73.7. The Labute approximate surface area is 670 Å². The second-order valence-corrected chi connectivity index (χ2v) is 36.0. The van der Waals surface area contributed by atoms with Crippen LogP contribution in [-0.2, 0) is 65.4 Å². The Bertz CT molecular complexity index is 2080. The van der Waals surface area contributed by atoms with Gasteiger partial charge in [-0.15, -0.1) is 0 Å². The maximum atomic E-state index is 13.2. The number of phosphoric ester groups is 2. The van der Waals surface area contributed by atoms with Crippen molar-refractivity contribution in [2.45, 2.75) is 503 Å². The number of hydrogen-bond donors (Lipinski definition) is 3. The molecule has 0 aromatic heterocycles. The molecule has 0 fully saturated rings. The van der Waals surface area contributed by atoms with Crippen LogP contribution in [0.25, 0.3) is 0 Å². The summed E-state index contributed by atoms with van der Waals surface area (Å²) in [4.78, 5) is 73.4. The lowest BCUT2D eigenvalue weighted by atomic mass is 9.99. The van der Waals surface area contributed by atoms with Crippen LogP contribution in [0.1, 0.15) is 485 Å². The van der Waals surface area contributed by atoms with Crippen molar-refractivity contribution in [1.29, 1.82) is 0 Å². The van der Waals surface area contributed by atoms with E-state index in [2.05, 4.69) is 41.5 Å². The van der Waals surface area contributed by atoms with Crippen LogP contribution in [0.15, 0.2) is 0 Å². The van der Waals surface area contributed by atoms with Crippen LogP contribution in [0.4, 0.5) is 0 Å². The summed E-state index contributed by atoms with van der Waals surface area (Å²) < 4.78 is 69.0. The Balaban J connectivity index is 5.24. The number of aliphatic hydroxyl groups excluding tert-OH is 1. The fraction of sp³-hybridized carbons (Fsp3) is 0.956. The van der Waals surface area contributed by atoms with Crippen molar-refractivity contribution in [2.75, 3.05) is 39.6 Å². The number of rotatable bonds is 89. The molecule has 0 aromatic carbocycles. The largest absolute Gasteiger partial charge is 0.472 e. The van der Waals surface area contributed by atoms with E-state index in [-0.39, 0.29) is 25.7 Å². The lowest BCUT2D eigenvalue weighted by molar-refractivity contribution is -0.161. The Morgan fingerprint density at radius 1 is 0.266 bits per heavy atom. The van der Waals surface area contributed by atoms with Crippen molar-refractivity contribution in [2.24, 2.45) is 11.8 Å². The predicted molar refractivity (Wildman–Crippen MR) is 451 cm³/mol. The molecule has 0 amide bonds. The average molecular weight is 1590 g/mol. The zero-order chi connectivity index (χ0) is 79.9. The molecule has 19 heteroatoms. The first-order chi connectivity index (χ1) is 52.9. The molecular formula is C90H176O17P2. The summed E-state index contributed by atoms with van der Waals surface area (Å²) >= 11 is 0. The van der Waals surface area contributed by atoms with E-state index >= 15 is 0 Å². The Hall–Kier alpha value is -1.94. The summed E-state index contributed by atoms with van der Waals surface area (Å²) in [5.74, 6) is -0.438. The molecule has 3 unspecified atom stereocenters. The molecule has 0 aliphatic heterocycles. The molecule has 0 aromatic rings. The maximum absolute atomic E-state index is 13.2. The summed E-state index contributed by atoms with van der Waals surface area (Å²) in [7, 11) is -9.93. The number of ether oxygens (including phenoxy) is 4. The van der Waals surface area contributed by atoms with Crippen LogP contribution in [0.2, 0.25) is 0 Å². The molecule has 0 spiro atoms. The predicted octanol–water partition coefficient (Wildman–Crippen LogP) is 27.8. The number of unbranched alkanes of at least 4 members (excludes halogenated alkanes) is 58. The van der Waals surface area contributed by atoms with E-state index in [1.807, 2.05) is 0 Å². The summed E-state index contributed by atoms with van der Waals surface area (Å²) in [6.07, 6.45) is 74.9. The molecule has 0 bridgehead atoms. The van der Waals surface area contributed by atoms with Gasteiger partial charge in [-0.2, -0.15) is 0 Å². The highest BCUT2D eigenvalue weighted by molar-refractivity contribution is 7.47. The van der Waals surface area contributed by atoms with Crippen LogP contribution in [-0.4, -0.2) is 96.7 Å². The number of aliphatic hydroxyl groups is 1. The van der Waals surface area contributed by atoms with E-state index in [0.29, 0.717) is 25.7 Å². The lowest BCUT2D eigenvalue weighted by Crippen LogP contribution is -2.30. The van der Waals surface area contributed by atoms with Crippen molar-refractivity contribution in [1.82, 2.24) is 0 Å². The summed E-state index contributed by atoms with van der Waals surface area (Å²) in [5, 5.41) is 10.7. The molecule has 3 N–H and O–H groups in total. The van der Waals surface area contributed by atoms with Gasteiger partial charge in [0.05, 0.1) is 26.4 Å². The first-order valence-electron chi connectivity index (χ1n) is 46.5. The lowest BCUT2D eigenvalue weighted by Gasteiger charge is -2.21. The molecule has 0 heterocycles. The van der Waals surface area contributed by atoms with E-state index in [4.69, 9.17) is 37.0 Å². The van der Waals surface area contributed by atoms with Crippen LogP contribution in [0.5, 0.6) is 0 Å². The first-order valence-corrected chi connectivity index (χ1v) is 49.5. The van der Waals surface area contributed by atoms with Gasteiger partial charge < -0.3 is 33.8 Å². The van der Waals surface area contributed by atoms with Gasteiger partial charge in [0.25, 0.3) is 0 Å². The fourth-order valence-corrected chi connectivity index (χ4v) is 15.7. The van der Waals surface area contributed by atoms with Crippen molar-refractivity contribution in [3.63, 3.8) is 0 Å². The van der Waals surface area contributed by atoms with Crippen LogP contribution in [0.3, 0.4) is 0 Å². The van der Waals surface area contributed by atoms with Crippen LogP contribution < -0.4 is 0 Å². The van der Waals surface area contributed by atoms with Gasteiger partial charge in [-0.1, -0.05) is 433 Å². The quantitative estimate of drug-likeness (QED) is 0.0222. The molecule has 0 saturated carbocycles. The highest BCUT2D eigenvalue weighted by Gasteiger charge is 2.31. The SMILES string of the molecule is CCCCCCCCCCCCCCCCCCCCCCCC(=O)O[C@H](COC(=O)CCCCCCCCCCCCCCCCCCC(C)C)COP(=O)(O)OC[C@@H](O)COP(=O)(O)OC[C@@H](COC(=O)CCCCCCCCCCCCC)OC(=O)CCCCCCCCCCCCCCCCC(C)CC. The van der Waals surface area contributed by atoms with Gasteiger partial charge in [-0.25, -0.2) is 9.13 Å². The minimum atomic E-state index is -4.97. The monoisotopic (exact) mass is 1590 g/mol. The maximum Gasteiger partial charge on any atom is 0.472 e.